The first-order chi connectivity index (χ1) is 6.15. The normalized spacial score (nSPS) is 24.2. The number of hydrogen-bond donors (Lipinski definition) is 2. The van der Waals surface area contributed by atoms with E-state index in [0.717, 1.165) is 6.42 Å². The second kappa shape index (κ2) is 4.37. The molecule has 4 heteroatoms. The van der Waals surface area contributed by atoms with Crippen LogP contribution < -0.4 is 5.32 Å². The molecule has 1 heterocycles. The Bertz CT molecular complexity index is 215. The largest absolute Gasteiger partial charge is 0.389 e. The predicted octanol–water partition coefficient (Wildman–Crippen LogP) is -0.290. The van der Waals surface area contributed by atoms with Gasteiger partial charge in [-0.25, -0.2) is 0 Å². The molecule has 0 spiro atoms. The molecular formula is C9H15NO3. The van der Waals surface area contributed by atoms with Crippen molar-refractivity contribution in [2.45, 2.75) is 19.8 Å². The first-order valence-electron chi connectivity index (χ1n) is 4.56. The number of ketones is 1. The first-order valence-corrected chi connectivity index (χ1v) is 4.56. The van der Waals surface area contributed by atoms with Gasteiger partial charge in [0.1, 0.15) is 6.61 Å². The lowest BCUT2D eigenvalue weighted by atomic mass is 9.92. The van der Waals surface area contributed by atoms with E-state index in [-0.39, 0.29) is 23.5 Å². The van der Waals surface area contributed by atoms with Crippen LogP contribution in [0.25, 0.3) is 0 Å². The lowest BCUT2D eigenvalue weighted by molar-refractivity contribution is -0.127. The second-order valence-electron chi connectivity index (χ2n) is 3.54. The number of rotatable bonds is 4. The van der Waals surface area contributed by atoms with E-state index in [9.17, 15) is 9.59 Å². The Hall–Kier alpha value is -0.900. The third-order valence-corrected chi connectivity index (χ3v) is 2.51. The number of aliphatic hydroxyl groups is 1. The minimum absolute atomic E-state index is 0.0366. The van der Waals surface area contributed by atoms with Gasteiger partial charge in [0.2, 0.25) is 5.91 Å². The molecule has 1 fully saturated rings. The average Bonchev–Trinajstić information content (AvgIpc) is 2.50. The third kappa shape index (κ3) is 2.52. The van der Waals surface area contributed by atoms with Gasteiger partial charge in [-0.05, 0) is 12.8 Å². The fourth-order valence-electron chi connectivity index (χ4n) is 1.58. The van der Waals surface area contributed by atoms with Gasteiger partial charge in [-0.2, -0.15) is 0 Å². The molecule has 0 saturated carbocycles. The van der Waals surface area contributed by atoms with Gasteiger partial charge in [0, 0.05) is 18.4 Å². The van der Waals surface area contributed by atoms with Gasteiger partial charge in [0.25, 0.3) is 0 Å². The summed E-state index contributed by atoms with van der Waals surface area (Å²) in [5, 5.41) is 11.3. The van der Waals surface area contributed by atoms with Crippen molar-refractivity contribution in [3.63, 3.8) is 0 Å². The minimum Gasteiger partial charge on any atom is -0.389 e. The van der Waals surface area contributed by atoms with Crippen LogP contribution >= 0.6 is 0 Å². The molecule has 1 aliphatic heterocycles. The van der Waals surface area contributed by atoms with Crippen molar-refractivity contribution < 1.29 is 14.7 Å². The van der Waals surface area contributed by atoms with E-state index in [2.05, 4.69) is 5.32 Å². The quantitative estimate of drug-likeness (QED) is 0.632. The molecule has 74 valence electrons. The van der Waals surface area contributed by atoms with Gasteiger partial charge in [0.15, 0.2) is 5.78 Å². The average molecular weight is 185 g/mol. The van der Waals surface area contributed by atoms with Crippen molar-refractivity contribution >= 4 is 11.7 Å². The molecule has 0 aromatic carbocycles. The van der Waals surface area contributed by atoms with Gasteiger partial charge in [-0.15, -0.1) is 0 Å². The summed E-state index contributed by atoms with van der Waals surface area (Å²) in [6, 6.07) is 0. The van der Waals surface area contributed by atoms with Gasteiger partial charge >= 0.3 is 0 Å². The summed E-state index contributed by atoms with van der Waals surface area (Å²) >= 11 is 0. The van der Waals surface area contributed by atoms with Crippen LogP contribution in [0.3, 0.4) is 0 Å². The van der Waals surface area contributed by atoms with Crippen molar-refractivity contribution in [3.8, 4) is 0 Å². The molecule has 0 aromatic heterocycles. The minimum atomic E-state index is -0.421. The molecule has 0 aliphatic carbocycles. The maximum Gasteiger partial charge on any atom is 0.223 e. The maximum absolute atomic E-state index is 11.1. The topological polar surface area (TPSA) is 66.4 Å². The molecule has 0 bridgehead atoms. The van der Waals surface area contributed by atoms with Crippen molar-refractivity contribution in [1.82, 2.24) is 5.32 Å². The zero-order valence-electron chi connectivity index (χ0n) is 7.75. The number of nitrogens with one attached hydrogen (secondary N) is 1. The van der Waals surface area contributed by atoms with Crippen LogP contribution in [0.1, 0.15) is 19.8 Å². The molecule has 2 atom stereocenters. The predicted molar refractivity (Wildman–Crippen MR) is 47.0 cm³/mol. The Morgan fingerprint density at radius 1 is 1.77 bits per heavy atom. The highest BCUT2D eigenvalue weighted by atomic mass is 16.3. The standard InChI is InChI=1S/C9H15NO3/c1-6(8(12)5-11)4-7-2-3-10-9(7)13/h6-7,11H,2-5H2,1H3,(H,10,13)/t6?,7-/m0/s1. The van der Waals surface area contributed by atoms with Gasteiger partial charge < -0.3 is 10.4 Å². The van der Waals surface area contributed by atoms with Crippen molar-refractivity contribution in [2.24, 2.45) is 11.8 Å². The Kier molecular flexibility index (Phi) is 3.42. The number of carbonyl (C=O) groups excluding carboxylic acids is 2. The molecule has 1 amide bonds. The van der Waals surface area contributed by atoms with Crippen LogP contribution in [-0.4, -0.2) is 29.9 Å². The van der Waals surface area contributed by atoms with Gasteiger partial charge in [-0.1, -0.05) is 6.92 Å². The number of aliphatic hydroxyl groups excluding tert-OH is 1. The molecule has 0 aromatic rings. The summed E-state index contributed by atoms with van der Waals surface area (Å²) < 4.78 is 0. The zero-order chi connectivity index (χ0) is 9.84. The number of hydrogen-bond acceptors (Lipinski definition) is 3. The Morgan fingerprint density at radius 2 is 2.46 bits per heavy atom. The van der Waals surface area contributed by atoms with Crippen LogP contribution in [0.15, 0.2) is 0 Å². The molecule has 0 radical (unpaired) electrons. The summed E-state index contributed by atoms with van der Waals surface area (Å²) in [5.41, 5.74) is 0. The van der Waals surface area contributed by atoms with E-state index in [1.807, 2.05) is 0 Å². The van der Waals surface area contributed by atoms with Gasteiger partial charge in [0.05, 0.1) is 0 Å². The maximum atomic E-state index is 11.1. The number of carbonyl (C=O) groups is 2. The Morgan fingerprint density at radius 3 is 2.92 bits per heavy atom. The lowest BCUT2D eigenvalue weighted by Crippen LogP contribution is -2.24. The first kappa shape index (κ1) is 10.2. The van der Waals surface area contributed by atoms with Crippen molar-refractivity contribution in [1.29, 1.82) is 0 Å². The molecular weight excluding hydrogens is 170 g/mol. The molecule has 1 aliphatic rings. The SMILES string of the molecule is CC(C[C@@H]1CCNC1=O)C(=O)CO. The lowest BCUT2D eigenvalue weighted by Gasteiger charge is -2.11. The molecule has 1 unspecified atom stereocenters. The highest BCUT2D eigenvalue weighted by molar-refractivity contribution is 5.84. The molecule has 1 saturated heterocycles. The van der Waals surface area contributed by atoms with Crippen LogP contribution in [0.2, 0.25) is 0 Å². The summed E-state index contributed by atoms with van der Waals surface area (Å²) in [7, 11) is 0. The van der Waals surface area contributed by atoms with E-state index < -0.39 is 6.61 Å². The van der Waals surface area contributed by atoms with E-state index in [1.54, 1.807) is 6.92 Å². The summed E-state index contributed by atoms with van der Waals surface area (Å²) in [4.78, 5) is 22.2. The van der Waals surface area contributed by atoms with E-state index in [1.165, 1.54) is 0 Å². The summed E-state index contributed by atoms with van der Waals surface area (Å²) in [6.07, 6.45) is 1.37. The van der Waals surface area contributed by atoms with Crippen LogP contribution in [0.4, 0.5) is 0 Å². The third-order valence-electron chi connectivity index (χ3n) is 2.51. The molecule has 13 heavy (non-hydrogen) atoms. The number of amides is 1. The highest BCUT2D eigenvalue weighted by Gasteiger charge is 2.27. The summed E-state index contributed by atoms with van der Waals surface area (Å²) in [5.74, 6) is -0.387. The highest BCUT2D eigenvalue weighted by Crippen LogP contribution is 2.19. The van der Waals surface area contributed by atoms with Gasteiger partial charge in [-0.3, -0.25) is 9.59 Å². The fraction of sp³-hybridized carbons (Fsp3) is 0.778. The monoisotopic (exact) mass is 185 g/mol. The van der Waals surface area contributed by atoms with E-state index in [0.29, 0.717) is 13.0 Å². The number of Topliss-reactive ketones (excluding diaryl/α,β-unsaturated/α-hetero) is 1. The van der Waals surface area contributed by atoms with Crippen molar-refractivity contribution in [2.75, 3.05) is 13.2 Å². The smallest absolute Gasteiger partial charge is 0.223 e. The Balaban J connectivity index is 2.39. The van der Waals surface area contributed by atoms with E-state index in [4.69, 9.17) is 5.11 Å². The van der Waals surface area contributed by atoms with E-state index >= 15 is 0 Å². The van der Waals surface area contributed by atoms with Crippen LogP contribution in [0.5, 0.6) is 0 Å². The Labute approximate surface area is 77.3 Å². The van der Waals surface area contributed by atoms with Crippen LogP contribution in [0, 0.1) is 11.8 Å². The zero-order valence-corrected chi connectivity index (χ0v) is 7.75. The van der Waals surface area contributed by atoms with Crippen molar-refractivity contribution in [3.05, 3.63) is 0 Å². The molecule has 4 nitrogen and oxygen atoms in total. The molecule has 1 rings (SSSR count). The van der Waals surface area contributed by atoms with Crippen LogP contribution in [-0.2, 0) is 9.59 Å². The fourth-order valence-corrected chi connectivity index (χ4v) is 1.58. The summed E-state index contributed by atoms with van der Waals surface area (Å²) in [6.45, 7) is 2.04. The second-order valence-corrected chi connectivity index (χ2v) is 3.54. The molecule has 2 N–H and O–H groups in total.